The van der Waals surface area contributed by atoms with Crippen molar-refractivity contribution in [3.8, 4) is 0 Å². The lowest BCUT2D eigenvalue weighted by Gasteiger charge is -2.11. The van der Waals surface area contributed by atoms with Gasteiger partial charge in [-0.2, -0.15) is 0 Å². The standard InChI is InChI=1S/C15H17NO3S/c1-12-2-8-15(9-3-12)20(18,19)16-11-10-13-4-6-14(17)7-5-13/h2-9,13,16H,10-11H2,1H3. The Morgan fingerprint density at radius 2 is 1.70 bits per heavy atom. The number of nitrogens with one attached hydrogen (secondary N) is 1. The predicted octanol–water partition coefficient (Wildman–Crippen LogP) is 1.97. The van der Waals surface area contributed by atoms with E-state index in [1.165, 1.54) is 12.2 Å². The third-order valence-corrected chi connectivity index (χ3v) is 4.59. The maximum atomic E-state index is 12.0. The van der Waals surface area contributed by atoms with Gasteiger partial charge in [-0.25, -0.2) is 13.1 Å². The molecule has 2 rings (SSSR count). The number of hydrogen-bond acceptors (Lipinski definition) is 3. The first-order valence-corrected chi connectivity index (χ1v) is 7.92. The molecule has 0 aliphatic heterocycles. The minimum atomic E-state index is -3.45. The van der Waals surface area contributed by atoms with Gasteiger partial charge in [0, 0.05) is 6.54 Å². The fraction of sp³-hybridized carbons (Fsp3) is 0.267. The van der Waals surface area contributed by atoms with E-state index < -0.39 is 10.0 Å². The Labute approximate surface area is 119 Å². The van der Waals surface area contributed by atoms with Crippen molar-refractivity contribution in [2.45, 2.75) is 18.2 Å². The van der Waals surface area contributed by atoms with Gasteiger partial charge in [0.15, 0.2) is 5.78 Å². The maximum Gasteiger partial charge on any atom is 0.240 e. The van der Waals surface area contributed by atoms with Gasteiger partial charge >= 0.3 is 0 Å². The molecule has 4 nitrogen and oxygen atoms in total. The first-order chi connectivity index (χ1) is 9.47. The summed E-state index contributed by atoms with van der Waals surface area (Å²) in [4.78, 5) is 11.2. The monoisotopic (exact) mass is 291 g/mol. The largest absolute Gasteiger partial charge is 0.290 e. The molecule has 1 aromatic rings. The molecule has 106 valence electrons. The number of carbonyl (C=O) groups is 1. The summed E-state index contributed by atoms with van der Waals surface area (Å²) in [6.07, 6.45) is 7.24. The zero-order valence-electron chi connectivity index (χ0n) is 11.2. The van der Waals surface area contributed by atoms with Crippen LogP contribution in [0.2, 0.25) is 0 Å². The van der Waals surface area contributed by atoms with Crippen LogP contribution in [0.5, 0.6) is 0 Å². The Morgan fingerprint density at radius 1 is 1.10 bits per heavy atom. The quantitative estimate of drug-likeness (QED) is 0.902. The highest BCUT2D eigenvalue weighted by atomic mass is 32.2. The molecule has 1 aliphatic rings. The Kier molecular flexibility index (Phi) is 4.52. The van der Waals surface area contributed by atoms with Crippen LogP contribution in [0.3, 0.4) is 0 Å². The minimum Gasteiger partial charge on any atom is -0.290 e. The lowest BCUT2D eigenvalue weighted by Crippen LogP contribution is -2.26. The Bertz CT molecular complexity index is 626. The summed E-state index contributed by atoms with van der Waals surface area (Å²) in [5, 5.41) is 0. The van der Waals surface area contributed by atoms with Gasteiger partial charge in [-0.1, -0.05) is 29.8 Å². The van der Waals surface area contributed by atoms with Gasteiger partial charge in [0.05, 0.1) is 4.90 Å². The van der Waals surface area contributed by atoms with E-state index in [-0.39, 0.29) is 16.6 Å². The van der Waals surface area contributed by atoms with Crippen LogP contribution in [0.15, 0.2) is 53.5 Å². The van der Waals surface area contributed by atoms with Crippen molar-refractivity contribution in [1.29, 1.82) is 0 Å². The van der Waals surface area contributed by atoms with Gasteiger partial charge in [0.1, 0.15) is 0 Å². The summed E-state index contributed by atoms with van der Waals surface area (Å²) in [5.74, 6) is 0.0786. The van der Waals surface area contributed by atoms with E-state index in [9.17, 15) is 13.2 Å². The summed E-state index contributed by atoms with van der Waals surface area (Å²) in [6, 6.07) is 6.73. The van der Waals surface area contributed by atoms with Crippen molar-refractivity contribution in [2.24, 2.45) is 5.92 Å². The van der Waals surface area contributed by atoms with Crippen LogP contribution >= 0.6 is 0 Å². The van der Waals surface area contributed by atoms with E-state index in [4.69, 9.17) is 0 Å². The average molecular weight is 291 g/mol. The second kappa shape index (κ2) is 6.15. The lowest BCUT2D eigenvalue weighted by molar-refractivity contribution is -0.110. The van der Waals surface area contributed by atoms with E-state index in [0.717, 1.165) is 5.56 Å². The molecule has 0 fully saturated rings. The molecule has 0 radical (unpaired) electrons. The van der Waals surface area contributed by atoms with E-state index >= 15 is 0 Å². The second-order valence-corrected chi connectivity index (χ2v) is 6.55. The van der Waals surface area contributed by atoms with E-state index in [2.05, 4.69) is 4.72 Å². The molecule has 0 aromatic heterocycles. The minimum absolute atomic E-state index is 0.0264. The zero-order valence-corrected chi connectivity index (χ0v) is 12.1. The molecule has 1 N–H and O–H groups in total. The topological polar surface area (TPSA) is 63.2 Å². The molecule has 1 aliphatic carbocycles. The highest BCUT2D eigenvalue weighted by molar-refractivity contribution is 7.89. The summed E-state index contributed by atoms with van der Waals surface area (Å²) in [7, 11) is -3.45. The van der Waals surface area contributed by atoms with Crippen molar-refractivity contribution < 1.29 is 13.2 Å². The lowest BCUT2D eigenvalue weighted by atomic mass is 10.00. The van der Waals surface area contributed by atoms with Gasteiger partial charge in [-0.15, -0.1) is 0 Å². The number of benzene rings is 1. The number of sulfonamides is 1. The molecular formula is C15H17NO3S. The molecule has 0 atom stereocenters. The zero-order chi connectivity index (χ0) is 14.6. The fourth-order valence-electron chi connectivity index (χ4n) is 1.91. The van der Waals surface area contributed by atoms with Gasteiger partial charge in [-0.05, 0) is 43.5 Å². The third kappa shape index (κ3) is 3.88. The van der Waals surface area contributed by atoms with E-state index in [0.29, 0.717) is 13.0 Å². The Balaban J connectivity index is 1.90. The second-order valence-electron chi connectivity index (χ2n) is 4.78. The van der Waals surface area contributed by atoms with Gasteiger partial charge in [0.2, 0.25) is 10.0 Å². The predicted molar refractivity (Wildman–Crippen MR) is 77.8 cm³/mol. The van der Waals surface area contributed by atoms with Gasteiger partial charge < -0.3 is 0 Å². The number of aryl methyl sites for hydroxylation is 1. The number of ketones is 1. The van der Waals surface area contributed by atoms with Crippen LogP contribution in [0.4, 0.5) is 0 Å². The molecule has 0 bridgehead atoms. The summed E-state index contributed by atoms with van der Waals surface area (Å²) >= 11 is 0. The number of carbonyl (C=O) groups excluding carboxylic acids is 1. The maximum absolute atomic E-state index is 12.0. The Morgan fingerprint density at radius 3 is 2.30 bits per heavy atom. The van der Waals surface area contributed by atoms with Crippen molar-refractivity contribution in [2.75, 3.05) is 6.54 Å². The summed E-state index contributed by atoms with van der Waals surface area (Å²) < 4.78 is 26.6. The molecule has 0 saturated carbocycles. The third-order valence-electron chi connectivity index (χ3n) is 3.12. The van der Waals surface area contributed by atoms with Crippen LogP contribution in [-0.4, -0.2) is 20.7 Å². The van der Waals surface area contributed by atoms with E-state index in [1.54, 1.807) is 36.4 Å². The normalized spacial score (nSPS) is 15.8. The highest BCUT2D eigenvalue weighted by Crippen LogP contribution is 2.13. The van der Waals surface area contributed by atoms with Crippen LogP contribution in [0, 0.1) is 12.8 Å². The Hall–Kier alpha value is -1.72. The van der Waals surface area contributed by atoms with Crippen LogP contribution in [0.1, 0.15) is 12.0 Å². The first-order valence-electron chi connectivity index (χ1n) is 6.44. The van der Waals surface area contributed by atoms with Crippen molar-refractivity contribution in [3.05, 3.63) is 54.1 Å². The molecule has 0 spiro atoms. The molecule has 0 unspecified atom stereocenters. The molecule has 20 heavy (non-hydrogen) atoms. The average Bonchev–Trinajstić information content (AvgIpc) is 2.41. The summed E-state index contributed by atoms with van der Waals surface area (Å²) in [6.45, 7) is 2.25. The number of rotatable bonds is 5. The van der Waals surface area contributed by atoms with E-state index in [1.807, 2.05) is 6.92 Å². The SMILES string of the molecule is Cc1ccc(S(=O)(=O)NCCC2C=CC(=O)C=C2)cc1. The molecular weight excluding hydrogens is 274 g/mol. The smallest absolute Gasteiger partial charge is 0.240 e. The van der Waals surface area contributed by atoms with Crippen LogP contribution < -0.4 is 4.72 Å². The van der Waals surface area contributed by atoms with Crippen LogP contribution in [-0.2, 0) is 14.8 Å². The number of hydrogen-bond donors (Lipinski definition) is 1. The molecule has 1 aromatic carbocycles. The highest BCUT2D eigenvalue weighted by Gasteiger charge is 2.14. The van der Waals surface area contributed by atoms with Crippen molar-refractivity contribution in [3.63, 3.8) is 0 Å². The number of allylic oxidation sites excluding steroid dienone is 4. The molecule has 0 heterocycles. The fourth-order valence-corrected chi connectivity index (χ4v) is 2.96. The van der Waals surface area contributed by atoms with Crippen molar-refractivity contribution in [1.82, 2.24) is 4.72 Å². The van der Waals surface area contributed by atoms with Crippen LogP contribution in [0.25, 0.3) is 0 Å². The van der Waals surface area contributed by atoms with Gasteiger partial charge in [-0.3, -0.25) is 4.79 Å². The summed E-state index contributed by atoms with van der Waals surface area (Å²) in [5.41, 5.74) is 1.02. The molecule has 0 amide bonds. The first kappa shape index (κ1) is 14.7. The van der Waals surface area contributed by atoms with Crippen molar-refractivity contribution >= 4 is 15.8 Å². The molecule has 0 saturated heterocycles. The molecule has 5 heteroatoms. The van der Waals surface area contributed by atoms with Gasteiger partial charge in [0.25, 0.3) is 0 Å².